The summed E-state index contributed by atoms with van der Waals surface area (Å²) in [5.74, 6) is 0. The molecular weight excluding hydrogens is 226 g/mol. The molecule has 1 unspecified atom stereocenters. The van der Waals surface area contributed by atoms with Crippen LogP contribution in [0.15, 0.2) is 12.2 Å². The maximum absolute atomic E-state index is 12.1. The van der Waals surface area contributed by atoms with Crippen LogP contribution >= 0.6 is 0 Å². The number of carbonyl (C=O) groups is 1. The number of hydrogen-bond donors (Lipinski definition) is 0. The van der Waals surface area contributed by atoms with Crippen molar-refractivity contribution in [2.75, 3.05) is 6.54 Å². The quantitative estimate of drug-likeness (QED) is 0.705. The largest absolute Gasteiger partial charge is 0.444 e. The van der Waals surface area contributed by atoms with E-state index in [0.717, 1.165) is 38.6 Å². The fourth-order valence-corrected chi connectivity index (χ4v) is 2.30. The molecule has 1 fully saturated rings. The van der Waals surface area contributed by atoms with Gasteiger partial charge in [0.05, 0.1) is 6.04 Å². The lowest BCUT2D eigenvalue weighted by Crippen LogP contribution is -2.40. The van der Waals surface area contributed by atoms with Crippen molar-refractivity contribution in [2.24, 2.45) is 0 Å². The van der Waals surface area contributed by atoms with E-state index in [-0.39, 0.29) is 12.1 Å². The predicted octanol–water partition coefficient (Wildman–Crippen LogP) is 4.13. The molecule has 0 N–H and O–H groups in total. The number of carbonyl (C=O) groups excluding carboxylic acids is 1. The summed E-state index contributed by atoms with van der Waals surface area (Å²) in [7, 11) is 0. The van der Waals surface area contributed by atoms with Crippen molar-refractivity contribution >= 4 is 6.09 Å². The topological polar surface area (TPSA) is 29.5 Å². The lowest BCUT2D eigenvalue weighted by Gasteiger charge is -2.29. The lowest BCUT2D eigenvalue weighted by atomic mass is 10.0. The predicted molar refractivity (Wildman–Crippen MR) is 74.6 cm³/mol. The zero-order valence-corrected chi connectivity index (χ0v) is 12.3. The third-order valence-corrected chi connectivity index (χ3v) is 3.20. The molecule has 1 heterocycles. The Hall–Kier alpha value is -0.990. The Balaban J connectivity index is 2.59. The van der Waals surface area contributed by atoms with E-state index >= 15 is 0 Å². The Morgan fingerprint density at radius 2 is 2.11 bits per heavy atom. The fraction of sp³-hybridized carbons (Fsp3) is 0.800. The number of likely N-dealkylation sites (tertiary alicyclic amines) is 1. The Morgan fingerprint density at radius 3 is 2.67 bits per heavy atom. The zero-order chi connectivity index (χ0) is 13.8. The molecule has 0 aromatic rings. The molecule has 0 bridgehead atoms. The van der Waals surface area contributed by atoms with Gasteiger partial charge in [-0.25, -0.2) is 4.79 Å². The molecule has 0 saturated carbocycles. The molecule has 1 saturated heterocycles. The maximum atomic E-state index is 12.1. The van der Waals surface area contributed by atoms with E-state index in [1.807, 2.05) is 25.7 Å². The van der Waals surface area contributed by atoms with Crippen LogP contribution in [0.1, 0.15) is 59.8 Å². The summed E-state index contributed by atoms with van der Waals surface area (Å²) in [6.45, 7) is 12.8. The van der Waals surface area contributed by atoms with Crippen molar-refractivity contribution < 1.29 is 9.53 Å². The van der Waals surface area contributed by atoms with Crippen molar-refractivity contribution in [1.82, 2.24) is 4.90 Å². The molecule has 104 valence electrons. The van der Waals surface area contributed by atoms with Gasteiger partial charge in [-0.2, -0.15) is 0 Å². The summed E-state index contributed by atoms with van der Waals surface area (Å²) in [6, 6.07) is 0.186. The van der Waals surface area contributed by atoms with Crippen LogP contribution in [0.25, 0.3) is 0 Å². The van der Waals surface area contributed by atoms with Gasteiger partial charge in [-0.05, 0) is 46.5 Å². The highest BCUT2D eigenvalue weighted by molar-refractivity contribution is 5.69. The Kier molecular flexibility index (Phi) is 5.24. The number of rotatable bonds is 4. The molecule has 0 aromatic carbocycles. The first-order chi connectivity index (χ1) is 8.35. The molecule has 0 spiro atoms. The molecule has 3 nitrogen and oxygen atoms in total. The van der Waals surface area contributed by atoms with Crippen LogP contribution in [-0.2, 0) is 4.74 Å². The number of amides is 1. The van der Waals surface area contributed by atoms with Gasteiger partial charge >= 0.3 is 6.09 Å². The Bertz CT molecular complexity index is 304. The molecule has 18 heavy (non-hydrogen) atoms. The molecule has 0 radical (unpaired) electrons. The first-order valence-electron chi connectivity index (χ1n) is 7.02. The normalized spacial score (nSPS) is 20.0. The van der Waals surface area contributed by atoms with Crippen LogP contribution in [0.4, 0.5) is 4.79 Å². The average molecular weight is 253 g/mol. The van der Waals surface area contributed by atoms with E-state index in [4.69, 9.17) is 4.74 Å². The van der Waals surface area contributed by atoms with Crippen molar-refractivity contribution in [3.8, 4) is 0 Å². The number of unbranched alkanes of at least 4 members (excludes halogenated alkanes) is 1. The van der Waals surface area contributed by atoms with Crippen LogP contribution in [-0.4, -0.2) is 29.2 Å². The van der Waals surface area contributed by atoms with Gasteiger partial charge in [0.25, 0.3) is 0 Å². The molecular formula is C15H27NO2. The second kappa shape index (κ2) is 6.26. The summed E-state index contributed by atoms with van der Waals surface area (Å²) >= 11 is 0. The average Bonchev–Trinajstić information content (AvgIpc) is 2.72. The van der Waals surface area contributed by atoms with Crippen molar-refractivity contribution in [3.05, 3.63) is 12.2 Å². The first-order valence-corrected chi connectivity index (χ1v) is 7.02. The Labute approximate surface area is 111 Å². The minimum absolute atomic E-state index is 0.186. The first kappa shape index (κ1) is 15.1. The van der Waals surface area contributed by atoms with E-state index < -0.39 is 5.60 Å². The van der Waals surface area contributed by atoms with E-state index in [1.54, 1.807) is 0 Å². The van der Waals surface area contributed by atoms with E-state index in [0.29, 0.717) is 0 Å². The number of hydrogen-bond acceptors (Lipinski definition) is 2. The molecule has 1 amide bonds. The second-order valence-corrected chi connectivity index (χ2v) is 6.09. The molecule has 1 atom stereocenters. The maximum Gasteiger partial charge on any atom is 0.410 e. The third-order valence-electron chi connectivity index (χ3n) is 3.20. The van der Waals surface area contributed by atoms with Crippen LogP contribution in [0.3, 0.4) is 0 Å². The van der Waals surface area contributed by atoms with Crippen LogP contribution < -0.4 is 0 Å². The highest BCUT2D eigenvalue weighted by Gasteiger charge is 2.33. The SMILES string of the molecule is C=C(CCCC)C1CCCN1C(=O)OC(C)(C)C. The van der Waals surface area contributed by atoms with Crippen LogP contribution in [0.5, 0.6) is 0 Å². The highest BCUT2D eigenvalue weighted by Crippen LogP contribution is 2.27. The smallest absolute Gasteiger partial charge is 0.410 e. The molecule has 3 heteroatoms. The highest BCUT2D eigenvalue weighted by atomic mass is 16.6. The lowest BCUT2D eigenvalue weighted by molar-refractivity contribution is 0.0247. The van der Waals surface area contributed by atoms with E-state index in [9.17, 15) is 4.79 Å². The summed E-state index contributed by atoms with van der Waals surface area (Å²) in [5, 5.41) is 0. The number of ether oxygens (including phenoxy) is 1. The molecule has 1 aliphatic heterocycles. The van der Waals surface area contributed by atoms with Crippen molar-refractivity contribution in [2.45, 2.75) is 71.4 Å². The van der Waals surface area contributed by atoms with Gasteiger partial charge in [0.15, 0.2) is 0 Å². The summed E-state index contributed by atoms with van der Waals surface area (Å²) in [4.78, 5) is 14.0. The molecule has 0 aromatic heterocycles. The monoisotopic (exact) mass is 253 g/mol. The van der Waals surface area contributed by atoms with Gasteiger partial charge in [0.1, 0.15) is 5.60 Å². The fourth-order valence-electron chi connectivity index (χ4n) is 2.30. The molecule has 1 aliphatic rings. The summed E-state index contributed by atoms with van der Waals surface area (Å²) in [6.07, 6.45) is 5.22. The van der Waals surface area contributed by atoms with Gasteiger partial charge in [-0.3, -0.25) is 0 Å². The molecule has 1 rings (SSSR count). The second-order valence-electron chi connectivity index (χ2n) is 6.09. The van der Waals surface area contributed by atoms with Gasteiger partial charge in [0, 0.05) is 6.54 Å². The van der Waals surface area contributed by atoms with Gasteiger partial charge in [-0.15, -0.1) is 0 Å². The minimum Gasteiger partial charge on any atom is -0.444 e. The van der Waals surface area contributed by atoms with Crippen molar-refractivity contribution in [1.29, 1.82) is 0 Å². The standard InChI is InChI=1S/C15H27NO2/c1-6-7-9-12(2)13-10-8-11-16(13)14(17)18-15(3,4)5/h13H,2,6-11H2,1,3-5H3. The van der Waals surface area contributed by atoms with E-state index in [1.165, 1.54) is 5.57 Å². The van der Waals surface area contributed by atoms with Crippen LogP contribution in [0.2, 0.25) is 0 Å². The molecule has 0 aliphatic carbocycles. The van der Waals surface area contributed by atoms with Gasteiger partial charge < -0.3 is 9.64 Å². The van der Waals surface area contributed by atoms with Crippen LogP contribution in [0, 0.1) is 0 Å². The van der Waals surface area contributed by atoms with Gasteiger partial charge in [-0.1, -0.05) is 25.5 Å². The van der Waals surface area contributed by atoms with Crippen molar-refractivity contribution in [3.63, 3.8) is 0 Å². The zero-order valence-electron chi connectivity index (χ0n) is 12.3. The Morgan fingerprint density at radius 1 is 1.44 bits per heavy atom. The summed E-state index contributed by atoms with van der Waals surface area (Å²) in [5.41, 5.74) is 0.759. The van der Waals surface area contributed by atoms with E-state index in [2.05, 4.69) is 13.5 Å². The summed E-state index contributed by atoms with van der Waals surface area (Å²) < 4.78 is 5.45. The van der Waals surface area contributed by atoms with Gasteiger partial charge in [0.2, 0.25) is 0 Å². The number of nitrogens with zero attached hydrogens (tertiary/aromatic N) is 1. The third kappa shape index (κ3) is 4.35. The minimum atomic E-state index is -0.422.